The minimum absolute atomic E-state index is 0.123. The molecule has 0 bridgehead atoms. The van der Waals surface area contributed by atoms with Crippen LogP contribution in [0.2, 0.25) is 0 Å². The third-order valence-corrected chi connectivity index (χ3v) is 10.9. The molecule has 2 atom stereocenters. The Morgan fingerprint density at radius 3 is 1.14 bits per heavy atom. The molecule has 0 radical (unpaired) electrons. The van der Waals surface area contributed by atoms with Gasteiger partial charge in [-0.05, 0) is 128 Å². The maximum Gasteiger partial charge on any atom is 0.0244 e. The molecule has 2 unspecified atom stereocenters. The lowest BCUT2D eigenvalue weighted by atomic mass is 9.81. The predicted molar refractivity (Wildman–Crippen MR) is 180 cm³/mol. The van der Waals surface area contributed by atoms with Crippen LogP contribution in [0.15, 0.2) is 84.9 Å². The fraction of sp³-hybridized carbons (Fsp3) is 0.550. The first-order valence-electron chi connectivity index (χ1n) is 16.5. The zero-order valence-electron chi connectivity index (χ0n) is 27.8. The van der Waals surface area contributed by atoms with E-state index in [0.29, 0.717) is 11.8 Å². The standard InChI is InChI=1S/C40H56N2/c1-37(2)25-23-35(27-39(5,6)41(37)29-31-15-11-9-12-16-31)33-19-21-34(22-20-33)36-24-26-38(3,4)42(40(7,8)28-36)30-32-17-13-10-14-18-32/h9-22,35-36H,23-30H2,1-8H3. The Labute approximate surface area is 257 Å². The molecule has 42 heavy (non-hydrogen) atoms. The summed E-state index contributed by atoms with van der Waals surface area (Å²) in [7, 11) is 0. The van der Waals surface area contributed by atoms with E-state index in [4.69, 9.17) is 0 Å². The number of nitrogens with zero attached hydrogens (tertiary/aromatic N) is 2. The second-order valence-corrected chi connectivity index (χ2v) is 15.9. The van der Waals surface area contributed by atoms with E-state index in [2.05, 4.69) is 150 Å². The summed E-state index contributed by atoms with van der Waals surface area (Å²) in [6, 6.07) is 32.0. The van der Waals surface area contributed by atoms with Crippen molar-refractivity contribution < 1.29 is 0 Å². The molecule has 0 aliphatic carbocycles. The maximum atomic E-state index is 2.78. The van der Waals surface area contributed by atoms with Crippen LogP contribution in [0, 0.1) is 0 Å². The van der Waals surface area contributed by atoms with Crippen molar-refractivity contribution in [3.63, 3.8) is 0 Å². The van der Waals surface area contributed by atoms with Gasteiger partial charge in [-0.3, -0.25) is 9.80 Å². The molecule has 2 heteroatoms. The van der Waals surface area contributed by atoms with E-state index >= 15 is 0 Å². The van der Waals surface area contributed by atoms with Crippen LogP contribution in [0.25, 0.3) is 0 Å². The van der Waals surface area contributed by atoms with Crippen LogP contribution in [0.1, 0.15) is 128 Å². The Kier molecular flexibility index (Phi) is 8.81. The Balaban J connectivity index is 1.32. The summed E-state index contributed by atoms with van der Waals surface area (Å²) in [6.45, 7) is 21.8. The van der Waals surface area contributed by atoms with Gasteiger partial charge in [-0.1, -0.05) is 84.9 Å². The molecule has 5 rings (SSSR count). The summed E-state index contributed by atoms with van der Waals surface area (Å²) in [5, 5.41) is 0. The average molecular weight is 565 g/mol. The molecule has 2 fully saturated rings. The quantitative estimate of drug-likeness (QED) is 0.294. The van der Waals surface area contributed by atoms with Crippen molar-refractivity contribution in [3.8, 4) is 0 Å². The lowest BCUT2D eigenvalue weighted by molar-refractivity contribution is 0.0103. The number of hydrogen-bond donors (Lipinski definition) is 0. The van der Waals surface area contributed by atoms with Crippen molar-refractivity contribution in [1.29, 1.82) is 0 Å². The van der Waals surface area contributed by atoms with Gasteiger partial charge in [-0.2, -0.15) is 0 Å². The molecule has 2 nitrogen and oxygen atoms in total. The van der Waals surface area contributed by atoms with Crippen molar-refractivity contribution in [1.82, 2.24) is 9.80 Å². The zero-order chi connectivity index (χ0) is 30.2. The summed E-state index contributed by atoms with van der Waals surface area (Å²) in [5.74, 6) is 1.19. The van der Waals surface area contributed by atoms with Crippen LogP contribution in [0.3, 0.4) is 0 Å². The van der Waals surface area contributed by atoms with Crippen LogP contribution in [0.5, 0.6) is 0 Å². The van der Waals surface area contributed by atoms with E-state index in [1.807, 2.05) is 0 Å². The first kappa shape index (κ1) is 31.0. The normalized spacial score (nSPS) is 25.8. The van der Waals surface area contributed by atoms with Crippen LogP contribution in [-0.2, 0) is 13.1 Å². The van der Waals surface area contributed by atoms with E-state index in [0.717, 1.165) is 13.1 Å². The average Bonchev–Trinajstić information content (AvgIpc) is 3.10. The van der Waals surface area contributed by atoms with Gasteiger partial charge in [-0.25, -0.2) is 0 Å². The van der Waals surface area contributed by atoms with Gasteiger partial charge < -0.3 is 0 Å². The topological polar surface area (TPSA) is 6.48 Å². The van der Waals surface area contributed by atoms with Gasteiger partial charge in [0.25, 0.3) is 0 Å². The minimum atomic E-state index is 0.123. The molecule has 0 amide bonds. The van der Waals surface area contributed by atoms with E-state index in [1.54, 1.807) is 0 Å². The van der Waals surface area contributed by atoms with Crippen LogP contribution in [-0.4, -0.2) is 32.0 Å². The molecule has 226 valence electrons. The van der Waals surface area contributed by atoms with E-state index in [1.165, 1.54) is 60.8 Å². The zero-order valence-corrected chi connectivity index (χ0v) is 27.8. The number of hydrogen-bond acceptors (Lipinski definition) is 2. The fourth-order valence-electron chi connectivity index (χ4n) is 8.59. The number of rotatable bonds is 6. The SMILES string of the molecule is CC1(C)CCC(c2ccc(C3CCC(C)(C)N(Cc4ccccc4)C(C)(C)C3)cc2)CC(C)(C)N1Cc1ccccc1. The molecule has 0 spiro atoms. The molecule has 2 heterocycles. The monoisotopic (exact) mass is 564 g/mol. The lowest BCUT2D eigenvalue weighted by Crippen LogP contribution is -2.53. The van der Waals surface area contributed by atoms with Crippen molar-refractivity contribution in [2.45, 2.75) is 141 Å². The highest BCUT2D eigenvalue weighted by molar-refractivity contribution is 5.30. The maximum absolute atomic E-state index is 2.78. The van der Waals surface area contributed by atoms with Gasteiger partial charge >= 0.3 is 0 Å². The molecule has 0 aromatic heterocycles. The third kappa shape index (κ3) is 6.87. The largest absolute Gasteiger partial charge is 0.289 e. The Morgan fingerprint density at radius 1 is 0.476 bits per heavy atom. The van der Waals surface area contributed by atoms with Crippen LogP contribution in [0.4, 0.5) is 0 Å². The summed E-state index contributed by atoms with van der Waals surface area (Å²) in [5.41, 5.74) is 6.47. The molecule has 2 aliphatic heterocycles. The van der Waals surface area contributed by atoms with Crippen molar-refractivity contribution in [2.75, 3.05) is 0 Å². The molecule has 3 aromatic carbocycles. The van der Waals surface area contributed by atoms with Crippen LogP contribution >= 0.6 is 0 Å². The number of likely N-dealkylation sites (tertiary alicyclic amines) is 2. The Hall–Kier alpha value is -2.42. The Bertz CT molecular complexity index is 1180. The summed E-state index contributed by atoms with van der Waals surface area (Å²) < 4.78 is 0. The van der Waals surface area contributed by atoms with Gasteiger partial charge in [0, 0.05) is 35.2 Å². The van der Waals surface area contributed by atoms with E-state index in [9.17, 15) is 0 Å². The van der Waals surface area contributed by atoms with Crippen molar-refractivity contribution in [3.05, 3.63) is 107 Å². The highest BCUT2D eigenvalue weighted by atomic mass is 15.3. The van der Waals surface area contributed by atoms with Crippen molar-refractivity contribution >= 4 is 0 Å². The highest BCUT2D eigenvalue weighted by Crippen LogP contribution is 2.46. The molecule has 2 aliphatic rings. The fourth-order valence-corrected chi connectivity index (χ4v) is 8.59. The molecular formula is C40H56N2. The molecule has 0 saturated carbocycles. The molecule has 0 N–H and O–H groups in total. The highest BCUT2D eigenvalue weighted by Gasteiger charge is 2.44. The van der Waals surface area contributed by atoms with Gasteiger partial charge in [0.1, 0.15) is 0 Å². The second kappa shape index (κ2) is 11.9. The lowest BCUT2D eigenvalue weighted by Gasteiger charge is -2.47. The van der Waals surface area contributed by atoms with E-state index in [-0.39, 0.29) is 22.2 Å². The van der Waals surface area contributed by atoms with Gasteiger partial charge in [0.05, 0.1) is 0 Å². The van der Waals surface area contributed by atoms with Gasteiger partial charge in [-0.15, -0.1) is 0 Å². The second-order valence-electron chi connectivity index (χ2n) is 15.9. The number of benzene rings is 3. The predicted octanol–water partition coefficient (Wildman–Crippen LogP) is 10.3. The van der Waals surface area contributed by atoms with Crippen molar-refractivity contribution in [2.24, 2.45) is 0 Å². The first-order chi connectivity index (χ1) is 19.8. The molecule has 2 saturated heterocycles. The van der Waals surface area contributed by atoms with Crippen LogP contribution < -0.4 is 0 Å². The summed E-state index contributed by atoms with van der Waals surface area (Å²) in [6.07, 6.45) is 7.33. The van der Waals surface area contributed by atoms with Gasteiger partial charge in [0.15, 0.2) is 0 Å². The smallest absolute Gasteiger partial charge is 0.0244 e. The molecular weight excluding hydrogens is 508 g/mol. The molecule has 3 aromatic rings. The first-order valence-corrected chi connectivity index (χ1v) is 16.5. The van der Waals surface area contributed by atoms with Gasteiger partial charge in [0.2, 0.25) is 0 Å². The summed E-state index contributed by atoms with van der Waals surface area (Å²) >= 11 is 0. The van der Waals surface area contributed by atoms with E-state index < -0.39 is 0 Å². The Morgan fingerprint density at radius 2 is 0.810 bits per heavy atom. The minimum Gasteiger partial charge on any atom is -0.289 e. The third-order valence-electron chi connectivity index (χ3n) is 10.9. The summed E-state index contributed by atoms with van der Waals surface area (Å²) in [4.78, 5) is 5.56.